The number of likely N-dealkylation sites (N-methyl/N-ethyl adjacent to an activating group) is 1. The SMILES string of the molecule is CCC=CCC=CCC=CCC=CCC=CCCCC(=O)N1CCC(N(C)C(=O)c2cccnc2)C1. The van der Waals surface area contributed by atoms with E-state index in [2.05, 4.69) is 72.7 Å². The summed E-state index contributed by atoms with van der Waals surface area (Å²) in [6.07, 6.45) is 33.3. The number of amides is 2. The molecule has 0 aliphatic carbocycles. The van der Waals surface area contributed by atoms with Crippen LogP contribution in [0.25, 0.3) is 0 Å². The van der Waals surface area contributed by atoms with Crippen LogP contribution in [0.4, 0.5) is 0 Å². The molecule has 5 heteroatoms. The lowest BCUT2D eigenvalue weighted by atomic mass is 10.2. The molecule has 1 aromatic heterocycles. The van der Waals surface area contributed by atoms with Crippen LogP contribution >= 0.6 is 0 Å². The fourth-order valence-corrected chi connectivity index (χ4v) is 4.04. The fraction of sp³-hybridized carbons (Fsp3) is 0.452. The third kappa shape index (κ3) is 11.5. The number of hydrogen-bond acceptors (Lipinski definition) is 3. The Hall–Kier alpha value is -3.21. The number of unbranched alkanes of at least 4 members (excludes halogenated alkanes) is 1. The lowest BCUT2D eigenvalue weighted by Gasteiger charge is -2.25. The summed E-state index contributed by atoms with van der Waals surface area (Å²) in [4.78, 5) is 32.9. The van der Waals surface area contributed by atoms with Crippen LogP contribution < -0.4 is 0 Å². The van der Waals surface area contributed by atoms with Crippen LogP contribution in [0.3, 0.4) is 0 Å². The zero-order chi connectivity index (χ0) is 25.8. The lowest BCUT2D eigenvalue weighted by Crippen LogP contribution is -2.40. The molecule has 1 aromatic rings. The Morgan fingerprint density at radius 2 is 1.58 bits per heavy atom. The van der Waals surface area contributed by atoms with E-state index in [4.69, 9.17) is 0 Å². The maximum Gasteiger partial charge on any atom is 0.255 e. The van der Waals surface area contributed by atoms with Crippen LogP contribution in [-0.4, -0.2) is 52.8 Å². The third-order valence-corrected chi connectivity index (χ3v) is 6.21. The van der Waals surface area contributed by atoms with Crippen molar-refractivity contribution in [2.45, 2.75) is 70.8 Å². The minimum absolute atomic E-state index is 0.0409. The number of allylic oxidation sites excluding steroid dienone is 10. The molecule has 0 bridgehead atoms. The first-order valence-corrected chi connectivity index (χ1v) is 13.3. The molecule has 2 heterocycles. The predicted molar refractivity (Wildman–Crippen MR) is 150 cm³/mol. The van der Waals surface area contributed by atoms with Gasteiger partial charge in [-0.3, -0.25) is 14.6 Å². The Balaban J connectivity index is 1.53. The highest BCUT2D eigenvalue weighted by atomic mass is 16.2. The molecular weight excluding hydrogens is 446 g/mol. The zero-order valence-corrected chi connectivity index (χ0v) is 22.1. The van der Waals surface area contributed by atoms with Crippen molar-refractivity contribution in [3.05, 3.63) is 90.9 Å². The lowest BCUT2D eigenvalue weighted by molar-refractivity contribution is -0.130. The Kier molecular flexibility index (Phi) is 14.6. The third-order valence-electron chi connectivity index (χ3n) is 6.21. The van der Waals surface area contributed by atoms with E-state index >= 15 is 0 Å². The number of likely N-dealkylation sites (tertiary alicyclic amines) is 1. The molecule has 1 aliphatic heterocycles. The van der Waals surface area contributed by atoms with Crippen LogP contribution in [0.2, 0.25) is 0 Å². The Labute approximate surface area is 218 Å². The summed E-state index contributed by atoms with van der Waals surface area (Å²) in [6, 6.07) is 3.61. The van der Waals surface area contributed by atoms with Crippen LogP contribution in [0, 0.1) is 0 Å². The molecule has 1 saturated heterocycles. The van der Waals surface area contributed by atoms with Crippen LogP contribution in [0.15, 0.2) is 85.3 Å². The molecule has 36 heavy (non-hydrogen) atoms. The van der Waals surface area contributed by atoms with Gasteiger partial charge in [0.05, 0.1) is 11.6 Å². The van der Waals surface area contributed by atoms with Crippen molar-refractivity contribution in [3.8, 4) is 0 Å². The normalized spacial score (nSPS) is 16.5. The van der Waals surface area contributed by atoms with Gasteiger partial charge in [-0.05, 0) is 63.5 Å². The summed E-state index contributed by atoms with van der Waals surface area (Å²) in [5.74, 6) is 0.146. The second-order valence-corrected chi connectivity index (χ2v) is 9.04. The van der Waals surface area contributed by atoms with Gasteiger partial charge in [-0.15, -0.1) is 0 Å². The van der Waals surface area contributed by atoms with Crippen molar-refractivity contribution in [1.29, 1.82) is 0 Å². The molecule has 0 radical (unpaired) electrons. The summed E-state index contributed by atoms with van der Waals surface area (Å²) in [7, 11) is 1.81. The maximum atomic E-state index is 12.6. The smallest absolute Gasteiger partial charge is 0.255 e. The van der Waals surface area contributed by atoms with Gasteiger partial charge >= 0.3 is 0 Å². The van der Waals surface area contributed by atoms with Crippen LogP contribution in [-0.2, 0) is 4.79 Å². The van der Waals surface area contributed by atoms with E-state index < -0.39 is 0 Å². The molecule has 0 N–H and O–H groups in total. The summed E-state index contributed by atoms with van der Waals surface area (Å²) < 4.78 is 0. The summed E-state index contributed by atoms with van der Waals surface area (Å²) >= 11 is 0. The van der Waals surface area contributed by atoms with Crippen LogP contribution in [0.5, 0.6) is 0 Å². The van der Waals surface area contributed by atoms with Crippen molar-refractivity contribution >= 4 is 11.8 Å². The van der Waals surface area contributed by atoms with Gasteiger partial charge in [-0.1, -0.05) is 67.7 Å². The largest absolute Gasteiger partial charge is 0.341 e. The van der Waals surface area contributed by atoms with Gasteiger partial charge in [0.2, 0.25) is 5.91 Å². The van der Waals surface area contributed by atoms with Gasteiger partial charge in [-0.2, -0.15) is 0 Å². The molecule has 2 rings (SSSR count). The summed E-state index contributed by atoms with van der Waals surface area (Å²) in [5, 5.41) is 0. The second kappa shape index (κ2) is 18.1. The highest BCUT2D eigenvalue weighted by molar-refractivity contribution is 5.94. The van der Waals surface area contributed by atoms with Crippen molar-refractivity contribution in [2.75, 3.05) is 20.1 Å². The molecule has 1 unspecified atom stereocenters. The minimum atomic E-state index is -0.0409. The van der Waals surface area contributed by atoms with E-state index in [1.807, 2.05) is 11.9 Å². The van der Waals surface area contributed by atoms with Gasteiger partial charge in [-0.25, -0.2) is 0 Å². The van der Waals surface area contributed by atoms with E-state index in [9.17, 15) is 9.59 Å². The maximum absolute atomic E-state index is 12.6. The molecule has 194 valence electrons. The molecule has 0 saturated carbocycles. The first-order chi connectivity index (χ1) is 17.6. The van der Waals surface area contributed by atoms with Crippen molar-refractivity contribution in [1.82, 2.24) is 14.8 Å². The van der Waals surface area contributed by atoms with Gasteiger partial charge < -0.3 is 9.80 Å². The molecule has 1 atom stereocenters. The molecule has 1 fully saturated rings. The second-order valence-electron chi connectivity index (χ2n) is 9.04. The monoisotopic (exact) mass is 489 g/mol. The highest BCUT2D eigenvalue weighted by Crippen LogP contribution is 2.18. The van der Waals surface area contributed by atoms with Crippen molar-refractivity contribution < 1.29 is 9.59 Å². The average molecular weight is 490 g/mol. The number of nitrogens with zero attached hydrogens (tertiary/aromatic N) is 3. The fourth-order valence-electron chi connectivity index (χ4n) is 4.04. The Morgan fingerprint density at radius 3 is 2.17 bits per heavy atom. The first-order valence-electron chi connectivity index (χ1n) is 13.3. The number of carbonyl (C=O) groups is 2. The standard InChI is InChI=1S/C31H43N3O2/c1-3-4-5-6-7-8-9-10-11-12-13-14-15-16-17-18-19-22-30(35)34-25-23-29(27-34)33(2)31(36)28-21-20-24-32-26-28/h4-5,7-8,10-11,13-14,16-17,20-21,24,26,29H,3,6,9,12,15,18-19,22-23,25,27H2,1-2H3. The topological polar surface area (TPSA) is 53.5 Å². The molecular formula is C31H43N3O2. The van der Waals surface area contributed by atoms with E-state index in [0.717, 1.165) is 57.9 Å². The zero-order valence-electron chi connectivity index (χ0n) is 22.1. The summed E-state index contributed by atoms with van der Waals surface area (Å²) in [6.45, 7) is 3.48. The Morgan fingerprint density at radius 1 is 0.972 bits per heavy atom. The minimum Gasteiger partial charge on any atom is -0.341 e. The molecule has 1 aliphatic rings. The Bertz CT molecular complexity index is 915. The molecule has 5 nitrogen and oxygen atoms in total. The first kappa shape index (κ1) is 29.0. The summed E-state index contributed by atoms with van der Waals surface area (Å²) in [5.41, 5.74) is 0.585. The van der Waals surface area contributed by atoms with E-state index in [-0.39, 0.29) is 17.9 Å². The van der Waals surface area contributed by atoms with E-state index in [1.165, 1.54) is 0 Å². The number of aromatic nitrogens is 1. The predicted octanol–water partition coefficient (Wildman–Crippen LogP) is 6.68. The molecule has 2 amide bonds. The highest BCUT2D eigenvalue weighted by Gasteiger charge is 2.31. The number of hydrogen-bond donors (Lipinski definition) is 0. The van der Waals surface area contributed by atoms with Crippen LogP contribution in [0.1, 0.15) is 75.1 Å². The van der Waals surface area contributed by atoms with Gasteiger partial charge in [0.1, 0.15) is 0 Å². The quantitative estimate of drug-likeness (QED) is 0.204. The van der Waals surface area contributed by atoms with Crippen molar-refractivity contribution in [3.63, 3.8) is 0 Å². The average Bonchev–Trinajstić information content (AvgIpc) is 3.40. The molecule has 0 spiro atoms. The molecule has 0 aromatic carbocycles. The van der Waals surface area contributed by atoms with E-state index in [0.29, 0.717) is 18.5 Å². The number of pyridine rings is 1. The van der Waals surface area contributed by atoms with Crippen molar-refractivity contribution in [2.24, 2.45) is 0 Å². The number of carbonyl (C=O) groups excluding carboxylic acids is 2. The van der Waals surface area contributed by atoms with Gasteiger partial charge in [0, 0.05) is 39.0 Å². The van der Waals surface area contributed by atoms with Gasteiger partial charge in [0.25, 0.3) is 5.91 Å². The van der Waals surface area contributed by atoms with E-state index in [1.54, 1.807) is 29.4 Å². The van der Waals surface area contributed by atoms with Gasteiger partial charge in [0.15, 0.2) is 0 Å². The number of rotatable bonds is 15.